The molecule has 25 heavy (non-hydrogen) atoms. The van der Waals surface area contributed by atoms with Gasteiger partial charge in [-0.05, 0) is 42.0 Å². The van der Waals surface area contributed by atoms with Gasteiger partial charge in [0.1, 0.15) is 5.75 Å². The summed E-state index contributed by atoms with van der Waals surface area (Å²) in [7, 11) is 1.61. The van der Waals surface area contributed by atoms with E-state index in [4.69, 9.17) is 4.74 Å². The average Bonchev–Trinajstić information content (AvgIpc) is 2.60. The first-order valence-electron chi connectivity index (χ1n) is 8.02. The van der Waals surface area contributed by atoms with Gasteiger partial charge in [-0.3, -0.25) is 9.59 Å². The highest BCUT2D eigenvalue weighted by atomic mass is 16.5. The SMILES string of the molecule is COc1ccc(/C=C/C(=O)Nc2cccc(NC(=O)C(C)C)c2)cc1. The lowest BCUT2D eigenvalue weighted by Gasteiger charge is -2.09. The topological polar surface area (TPSA) is 67.4 Å². The molecule has 2 rings (SSSR count). The van der Waals surface area contributed by atoms with E-state index in [0.29, 0.717) is 11.4 Å². The van der Waals surface area contributed by atoms with E-state index in [9.17, 15) is 9.59 Å². The van der Waals surface area contributed by atoms with Crippen molar-refractivity contribution in [3.8, 4) is 5.75 Å². The predicted molar refractivity (Wildman–Crippen MR) is 101 cm³/mol. The van der Waals surface area contributed by atoms with E-state index in [-0.39, 0.29) is 17.7 Å². The van der Waals surface area contributed by atoms with Gasteiger partial charge in [0.2, 0.25) is 11.8 Å². The van der Waals surface area contributed by atoms with Crippen LogP contribution in [-0.4, -0.2) is 18.9 Å². The lowest BCUT2D eigenvalue weighted by Crippen LogP contribution is -2.17. The van der Waals surface area contributed by atoms with Crippen LogP contribution in [0, 0.1) is 5.92 Å². The number of hydrogen-bond donors (Lipinski definition) is 2. The molecule has 2 aromatic carbocycles. The van der Waals surface area contributed by atoms with Gasteiger partial charge < -0.3 is 15.4 Å². The molecule has 0 saturated carbocycles. The molecule has 0 bridgehead atoms. The van der Waals surface area contributed by atoms with Gasteiger partial charge in [-0.15, -0.1) is 0 Å². The summed E-state index contributed by atoms with van der Waals surface area (Å²) in [6.07, 6.45) is 3.18. The number of hydrogen-bond acceptors (Lipinski definition) is 3. The number of rotatable bonds is 6. The summed E-state index contributed by atoms with van der Waals surface area (Å²) in [6, 6.07) is 14.4. The van der Waals surface area contributed by atoms with Crippen molar-refractivity contribution < 1.29 is 14.3 Å². The van der Waals surface area contributed by atoms with Crippen molar-refractivity contribution in [1.82, 2.24) is 0 Å². The Morgan fingerprint density at radius 3 is 2.24 bits per heavy atom. The molecule has 0 aliphatic rings. The Kier molecular flexibility index (Phi) is 6.34. The lowest BCUT2D eigenvalue weighted by atomic mass is 10.2. The van der Waals surface area contributed by atoms with Gasteiger partial charge >= 0.3 is 0 Å². The number of nitrogens with one attached hydrogen (secondary N) is 2. The standard InChI is InChI=1S/C20H22N2O3/c1-14(2)20(24)22-17-6-4-5-16(13-17)21-19(23)12-9-15-7-10-18(25-3)11-8-15/h4-14H,1-3H3,(H,21,23)(H,22,24)/b12-9+. The van der Waals surface area contributed by atoms with E-state index >= 15 is 0 Å². The minimum atomic E-state index is -0.247. The maximum absolute atomic E-state index is 12.0. The van der Waals surface area contributed by atoms with Crippen LogP contribution in [0.15, 0.2) is 54.6 Å². The van der Waals surface area contributed by atoms with Crippen molar-refractivity contribution in [3.05, 3.63) is 60.2 Å². The Balaban J connectivity index is 1.97. The van der Waals surface area contributed by atoms with Crippen molar-refractivity contribution >= 4 is 29.3 Å². The zero-order chi connectivity index (χ0) is 18.2. The first-order chi connectivity index (χ1) is 12.0. The molecular weight excluding hydrogens is 316 g/mol. The first-order valence-corrected chi connectivity index (χ1v) is 8.02. The second-order valence-electron chi connectivity index (χ2n) is 5.82. The van der Waals surface area contributed by atoms with E-state index in [1.165, 1.54) is 6.08 Å². The van der Waals surface area contributed by atoms with Crippen molar-refractivity contribution in [2.24, 2.45) is 5.92 Å². The number of carbonyl (C=O) groups excluding carboxylic acids is 2. The van der Waals surface area contributed by atoms with Crippen LogP contribution >= 0.6 is 0 Å². The van der Waals surface area contributed by atoms with Crippen molar-refractivity contribution in [2.45, 2.75) is 13.8 Å². The highest BCUT2D eigenvalue weighted by Gasteiger charge is 2.07. The largest absolute Gasteiger partial charge is 0.497 e. The Morgan fingerprint density at radius 1 is 1.00 bits per heavy atom. The first kappa shape index (κ1) is 18.3. The van der Waals surface area contributed by atoms with Gasteiger partial charge in [0.15, 0.2) is 0 Å². The van der Waals surface area contributed by atoms with Crippen LogP contribution in [0.5, 0.6) is 5.75 Å². The molecule has 5 heteroatoms. The van der Waals surface area contributed by atoms with Gasteiger partial charge in [-0.2, -0.15) is 0 Å². The second kappa shape index (κ2) is 8.68. The normalized spacial score (nSPS) is 10.7. The van der Waals surface area contributed by atoms with E-state index in [1.54, 1.807) is 37.5 Å². The van der Waals surface area contributed by atoms with Gasteiger partial charge in [-0.25, -0.2) is 0 Å². The molecule has 0 spiro atoms. The monoisotopic (exact) mass is 338 g/mol. The van der Waals surface area contributed by atoms with Crippen LogP contribution in [0.4, 0.5) is 11.4 Å². The summed E-state index contributed by atoms with van der Waals surface area (Å²) in [5.41, 5.74) is 2.16. The summed E-state index contributed by atoms with van der Waals surface area (Å²) in [4.78, 5) is 23.8. The number of benzene rings is 2. The molecule has 0 saturated heterocycles. The molecule has 0 aliphatic carbocycles. The number of ether oxygens (including phenoxy) is 1. The molecule has 5 nitrogen and oxygen atoms in total. The van der Waals surface area contributed by atoms with Crippen LogP contribution in [-0.2, 0) is 9.59 Å². The second-order valence-corrected chi connectivity index (χ2v) is 5.82. The summed E-state index contributed by atoms with van der Waals surface area (Å²) in [5.74, 6) is 0.346. The molecule has 0 radical (unpaired) electrons. The third-order valence-electron chi connectivity index (χ3n) is 3.46. The quantitative estimate of drug-likeness (QED) is 0.784. The minimum Gasteiger partial charge on any atom is -0.497 e. The number of amides is 2. The fourth-order valence-corrected chi connectivity index (χ4v) is 2.03. The fraction of sp³-hybridized carbons (Fsp3) is 0.200. The molecule has 0 unspecified atom stereocenters. The van der Waals surface area contributed by atoms with Crippen molar-refractivity contribution in [3.63, 3.8) is 0 Å². The molecule has 2 N–H and O–H groups in total. The Bertz CT molecular complexity index is 765. The Morgan fingerprint density at radius 2 is 1.64 bits per heavy atom. The molecular formula is C20H22N2O3. The third-order valence-corrected chi connectivity index (χ3v) is 3.46. The lowest BCUT2D eigenvalue weighted by molar-refractivity contribution is -0.119. The molecule has 0 heterocycles. The highest BCUT2D eigenvalue weighted by Crippen LogP contribution is 2.16. The maximum atomic E-state index is 12.0. The summed E-state index contributed by atoms with van der Waals surface area (Å²) < 4.78 is 5.09. The number of anilines is 2. The molecule has 2 amide bonds. The zero-order valence-corrected chi connectivity index (χ0v) is 14.6. The van der Waals surface area contributed by atoms with Crippen LogP contribution in [0.1, 0.15) is 19.4 Å². The maximum Gasteiger partial charge on any atom is 0.248 e. The molecule has 0 fully saturated rings. The smallest absolute Gasteiger partial charge is 0.248 e. The Labute approximate surface area is 147 Å². The van der Waals surface area contributed by atoms with Crippen molar-refractivity contribution in [2.75, 3.05) is 17.7 Å². The molecule has 0 atom stereocenters. The summed E-state index contributed by atoms with van der Waals surface area (Å²) >= 11 is 0. The van der Waals surface area contributed by atoms with Crippen molar-refractivity contribution in [1.29, 1.82) is 0 Å². The van der Waals surface area contributed by atoms with E-state index in [0.717, 1.165) is 11.3 Å². The fourth-order valence-electron chi connectivity index (χ4n) is 2.03. The molecule has 130 valence electrons. The summed E-state index contributed by atoms with van der Waals surface area (Å²) in [6.45, 7) is 3.65. The zero-order valence-electron chi connectivity index (χ0n) is 14.6. The van der Waals surface area contributed by atoms with E-state index < -0.39 is 0 Å². The van der Waals surface area contributed by atoms with Gasteiger partial charge in [0.25, 0.3) is 0 Å². The molecule has 0 aromatic heterocycles. The number of methoxy groups -OCH3 is 1. The van der Waals surface area contributed by atoms with Crippen LogP contribution in [0.2, 0.25) is 0 Å². The molecule has 2 aromatic rings. The van der Waals surface area contributed by atoms with E-state index in [2.05, 4.69) is 10.6 Å². The summed E-state index contributed by atoms with van der Waals surface area (Å²) in [5, 5.41) is 5.58. The van der Waals surface area contributed by atoms with E-state index in [1.807, 2.05) is 38.1 Å². The molecule has 0 aliphatic heterocycles. The highest BCUT2D eigenvalue weighted by molar-refractivity contribution is 6.02. The number of carbonyl (C=O) groups is 2. The van der Waals surface area contributed by atoms with Crippen LogP contribution in [0.3, 0.4) is 0 Å². The van der Waals surface area contributed by atoms with Crippen LogP contribution < -0.4 is 15.4 Å². The van der Waals surface area contributed by atoms with Gasteiger partial charge in [-0.1, -0.05) is 32.0 Å². The Hall–Kier alpha value is -3.08. The predicted octanol–water partition coefficient (Wildman–Crippen LogP) is 3.94. The van der Waals surface area contributed by atoms with Crippen LogP contribution in [0.25, 0.3) is 6.08 Å². The van der Waals surface area contributed by atoms with Gasteiger partial charge in [0, 0.05) is 23.4 Å². The average molecular weight is 338 g/mol. The van der Waals surface area contributed by atoms with Gasteiger partial charge in [0.05, 0.1) is 7.11 Å². The third kappa shape index (κ3) is 5.80. The minimum absolute atomic E-state index is 0.0668.